The summed E-state index contributed by atoms with van der Waals surface area (Å²) in [4.78, 5) is 7.97. The molecule has 0 bridgehead atoms. The first kappa shape index (κ1) is 25.1. The molecule has 1 heterocycles. The highest BCUT2D eigenvalue weighted by Crippen LogP contribution is 2.37. The van der Waals surface area contributed by atoms with Gasteiger partial charge in [0.05, 0.1) is 12.3 Å². The van der Waals surface area contributed by atoms with E-state index < -0.39 is 11.7 Å². The Kier molecular flexibility index (Phi) is 7.86. The Balaban J connectivity index is 1.85. The van der Waals surface area contributed by atoms with E-state index in [1.165, 1.54) is 0 Å². The number of unbranched alkanes of at least 4 members (excludes halogenated alkanes) is 1. The molecule has 3 aromatic rings. The minimum absolute atomic E-state index is 0.0179. The number of halogens is 3. The molecule has 0 amide bonds. The third-order valence-electron chi connectivity index (χ3n) is 4.52. The molecule has 9 heteroatoms. The fourth-order valence-electron chi connectivity index (χ4n) is 2.98. The molecule has 0 saturated carbocycles. The summed E-state index contributed by atoms with van der Waals surface area (Å²) < 4.78 is 52.5. The molecule has 0 radical (unpaired) electrons. The Labute approximate surface area is 197 Å². The van der Waals surface area contributed by atoms with Crippen molar-refractivity contribution in [1.29, 1.82) is 0 Å². The van der Waals surface area contributed by atoms with Crippen molar-refractivity contribution in [3.05, 3.63) is 60.3 Å². The standard InChI is InChI=1S/C25H29F3N4O2/c1-5-6-15-33-21-10-8-7-9-20(21)31-22-19(25(26,27)28)16-29-23(32-22)30-17-11-13-18(14-12-17)34-24(2,3)4/h7-14,16H,5-6,15H2,1-4H3,(H2,29,30,31,32). The topological polar surface area (TPSA) is 68.3 Å². The van der Waals surface area contributed by atoms with E-state index in [0.29, 0.717) is 29.5 Å². The monoisotopic (exact) mass is 474 g/mol. The zero-order valence-corrected chi connectivity index (χ0v) is 19.7. The number of hydrogen-bond acceptors (Lipinski definition) is 6. The van der Waals surface area contributed by atoms with Crippen molar-refractivity contribution < 1.29 is 22.6 Å². The van der Waals surface area contributed by atoms with Crippen LogP contribution < -0.4 is 20.1 Å². The number of rotatable bonds is 9. The first-order valence-corrected chi connectivity index (χ1v) is 11.0. The lowest BCUT2D eigenvalue weighted by Crippen LogP contribution is -2.22. The van der Waals surface area contributed by atoms with Gasteiger partial charge in [-0.3, -0.25) is 0 Å². The predicted octanol–water partition coefficient (Wildman–Crippen LogP) is 7.34. The number of nitrogens with zero attached hydrogens (tertiary/aromatic N) is 2. The maximum atomic E-state index is 13.7. The van der Waals surface area contributed by atoms with Crippen LogP contribution in [0.2, 0.25) is 0 Å². The Morgan fingerprint density at radius 3 is 2.29 bits per heavy atom. The van der Waals surface area contributed by atoms with E-state index >= 15 is 0 Å². The molecule has 0 fully saturated rings. The third kappa shape index (κ3) is 7.26. The average Bonchev–Trinajstić information content (AvgIpc) is 2.75. The van der Waals surface area contributed by atoms with E-state index in [-0.39, 0.29) is 17.4 Å². The summed E-state index contributed by atoms with van der Waals surface area (Å²) in [6, 6.07) is 13.8. The molecule has 34 heavy (non-hydrogen) atoms. The minimum atomic E-state index is -4.63. The molecular formula is C25H29F3N4O2. The fraction of sp³-hybridized carbons (Fsp3) is 0.360. The summed E-state index contributed by atoms with van der Waals surface area (Å²) in [7, 11) is 0. The molecule has 0 atom stereocenters. The van der Waals surface area contributed by atoms with Crippen LogP contribution in [-0.2, 0) is 6.18 Å². The number of nitrogens with one attached hydrogen (secondary N) is 2. The quantitative estimate of drug-likeness (QED) is 0.316. The van der Waals surface area contributed by atoms with E-state index in [1.807, 2.05) is 27.7 Å². The van der Waals surface area contributed by atoms with Crippen LogP contribution >= 0.6 is 0 Å². The van der Waals surface area contributed by atoms with Crippen molar-refractivity contribution in [3.63, 3.8) is 0 Å². The normalized spacial score (nSPS) is 11.7. The first-order valence-electron chi connectivity index (χ1n) is 11.0. The molecule has 0 saturated heterocycles. The van der Waals surface area contributed by atoms with Gasteiger partial charge in [-0.2, -0.15) is 18.2 Å². The zero-order valence-electron chi connectivity index (χ0n) is 19.7. The van der Waals surface area contributed by atoms with Crippen LogP contribution in [0.25, 0.3) is 0 Å². The van der Waals surface area contributed by atoms with Gasteiger partial charge in [0.25, 0.3) is 0 Å². The van der Waals surface area contributed by atoms with Crippen molar-refractivity contribution in [2.45, 2.75) is 52.3 Å². The second kappa shape index (κ2) is 10.6. The van der Waals surface area contributed by atoms with E-state index in [9.17, 15) is 13.2 Å². The molecule has 0 unspecified atom stereocenters. The van der Waals surface area contributed by atoms with Crippen molar-refractivity contribution >= 4 is 23.1 Å². The lowest BCUT2D eigenvalue weighted by atomic mass is 10.2. The van der Waals surface area contributed by atoms with Crippen LogP contribution in [0.5, 0.6) is 11.5 Å². The molecule has 0 aliphatic carbocycles. The molecule has 0 aliphatic rings. The molecule has 0 aliphatic heterocycles. The van der Waals surface area contributed by atoms with Gasteiger partial charge in [-0.05, 0) is 63.6 Å². The Morgan fingerprint density at radius 1 is 0.941 bits per heavy atom. The highest BCUT2D eigenvalue weighted by molar-refractivity contribution is 5.67. The number of para-hydroxylation sites is 2. The van der Waals surface area contributed by atoms with Crippen molar-refractivity contribution in [3.8, 4) is 11.5 Å². The predicted molar refractivity (Wildman–Crippen MR) is 127 cm³/mol. The summed E-state index contributed by atoms with van der Waals surface area (Å²) in [5.41, 5.74) is -0.328. The van der Waals surface area contributed by atoms with Gasteiger partial charge in [0.1, 0.15) is 28.5 Å². The van der Waals surface area contributed by atoms with Gasteiger partial charge >= 0.3 is 6.18 Å². The van der Waals surface area contributed by atoms with Crippen LogP contribution in [0.3, 0.4) is 0 Å². The SMILES string of the molecule is CCCCOc1ccccc1Nc1nc(Nc2ccc(OC(C)(C)C)cc2)ncc1C(F)(F)F. The number of aromatic nitrogens is 2. The maximum absolute atomic E-state index is 13.7. The molecule has 6 nitrogen and oxygen atoms in total. The molecule has 2 N–H and O–H groups in total. The Hall–Kier alpha value is -3.49. The molecule has 182 valence electrons. The minimum Gasteiger partial charge on any atom is -0.491 e. The summed E-state index contributed by atoms with van der Waals surface area (Å²) >= 11 is 0. The highest BCUT2D eigenvalue weighted by atomic mass is 19.4. The number of ether oxygens (including phenoxy) is 2. The third-order valence-corrected chi connectivity index (χ3v) is 4.52. The van der Waals surface area contributed by atoms with Gasteiger partial charge in [0, 0.05) is 11.9 Å². The Morgan fingerprint density at radius 2 is 1.65 bits per heavy atom. The second-order valence-corrected chi connectivity index (χ2v) is 8.64. The lowest BCUT2D eigenvalue weighted by Gasteiger charge is -2.21. The van der Waals surface area contributed by atoms with E-state index in [2.05, 4.69) is 20.6 Å². The van der Waals surface area contributed by atoms with Crippen LogP contribution in [0.1, 0.15) is 46.1 Å². The van der Waals surface area contributed by atoms with Gasteiger partial charge in [-0.25, -0.2) is 4.98 Å². The zero-order chi connectivity index (χ0) is 24.8. The van der Waals surface area contributed by atoms with Crippen molar-refractivity contribution in [2.75, 3.05) is 17.2 Å². The molecule has 2 aromatic carbocycles. The molecular weight excluding hydrogens is 445 g/mol. The van der Waals surface area contributed by atoms with Crippen LogP contribution in [0.4, 0.5) is 36.3 Å². The van der Waals surface area contributed by atoms with Gasteiger partial charge < -0.3 is 20.1 Å². The van der Waals surface area contributed by atoms with Crippen LogP contribution in [-0.4, -0.2) is 22.2 Å². The van der Waals surface area contributed by atoms with E-state index in [1.54, 1.807) is 48.5 Å². The highest BCUT2D eigenvalue weighted by Gasteiger charge is 2.35. The average molecular weight is 475 g/mol. The van der Waals surface area contributed by atoms with E-state index in [0.717, 1.165) is 19.0 Å². The number of alkyl halides is 3. The van der Waals surface area contributed by atoms with Crippen molar-refractivity contribution in [2.24, 2.45) is 0 Å². The summed E-state index contributed by atoms with van der Waals surface area (Å²) in [5.74, 6) is 0.772. The fourth-order valence-corrected chi connectivity index (χ4v) is 2.98. The van der Waals surface area contributed by atoms with Gasteiger partial charge in [0.15, 0.2) is 0 Å². The van der Waals surface area contributed by atoms with Crippen molar-refractivity contribution in [1.82, 2.24) is 9.97 Å². The van der Waals surface area contributed by atoms with Gasteiger partial charge in [-0.15, -0.1) is 0 Å². The van der Waals surface area contributed by atoms with Gasteiger partial charge in [-0.1, -0.05) is 25.5 Å². The molecule has 0 spiro atoms. The van der Waals surface area contributed by atoms with Crippen LogP contribution in [0.15, 0.2) is 54.7 Å². The van der Waals surface area contributed by atoms with E-state index in [4.69, 9.17) is 9.47 Å². The van der Waals surface area contributed by atoms with Crippen LogP contribution in [0, 0.1) is 0 Å². The summed E-state index contributed by atoms with van der Waals surface area (Å²) in [5, 5.41) is 5.72. The van der Waals surface area contributed by atoms with Gasteiger partial charge in [0.2, 0.25) is 5.95 Å². The molecule has 1 aromatic heterocycles. The number of hydrogen-bond donors (Lipinski definition) is 2. The number of benzene rings is 2. The maximum Gasteiger partial charge on any atom is 0.421 e. The Bertz CT molecular complexity index is 1080. The lowest BCUT2D eigenvalue weighted by molar-refractivity contribution is -0.137. The largest absolute Gasteiger partial charge is 0.491 e. The second-order valence-electron chi connectivity index (χ2n) is 8.64. The first-order chi connectivity index (χ1) is 16.0. The smallest absolute Gasteiger partial charge is 0.421 e. The molecule has 3 rings (SSSR count). The summed E-state index contributed by atoms with van der Waals surface area (Å²) in [6.45, 7) is 8.32. The summed E-state index contributed by atoms with van der Waals surface area (Å²) in [6.07, 6.45) is -2.10. The number of anilines is 4.